The molecule has 0 aliphatic heterocycles. The van der Waals surface area contributed by atoms with Gasteiger partial charge in [0.05, 0.1) is 0 Å². The van der Waals surface area contributed by atoms with Gasteiger partial charge in [0.2, 0.25) is 0 Å². The fourth-order valence-corrected chi connectivity index (χ4v) is 0.606. The molecule has 0 aliphatic carbocycles. The molecule has 0 aromatic carbocycles. The summed E-state index contributed by atoms with van der Waals surface area (Å²) >= 11 is 9.87. The summed E-state index contributed by atoms with van der Waals surface area (Å²) in [6, 6.07) is 0. The third-order valence-corrected chi connectivity index (χ3v) is 0.873. The van der Waals surface area contributed by atoms with Crippen LogP contribution in [0, 0.1) is 4.84 Å². The lowest BCUT2D eigenvalue weighted by Crippen LogP contribution is -1.54. The zero-order chi connectivity index (χ0) is 5.28. The van der Waals surface area contributed by atoms with Gasteiger partial charge in [0.15, 0.2) is 0 Å². The second-order valence-corrected chi connectivity index (χ2v) is 1.77. The number of oxazole rings is 1. The average Bonchev–Trinajstić information content (AvgIpc) is 1.87. The molecule has 0 amide bonds. The number of aromatic nitrogens is 1. The van der Waals surface area contributed by atoms with Crippen molar-refractivity contribution in [1.82, 2.24) is 4.98 Å². The lowest BCUT2D eigenvalue weighted by molar-refractivity contribution is 0.540. The van der Waals surface area contributed by atoms with Gasteiger partial charge in [-0.2, -0.15) is 0 Å². The molecule has 38 valence electrons. The number of aromatic amines is 1. The highest BCUT2D eigenvalue weighted by Crippen LogP contribution is 2.01. The predicted molar refractivity (Wildman–Crippen MR) is 28.9 cm³/mol. The van der Waals surface area contributed by atoms with Crippen LogP contribution >= 0.6 is 23.8 Å². The van der Waals surface area contributed by atoms with Crippen molar-refractivity contribution in [3.63, 3.8) is 0 Å². The molecular weight excluding hydrogens is 134 g/mol. The summed E-state index contributed by atoms with van der Waals surface area (Å²) in [4.78, 5) is 2.86. The van der Waals surface area contributed by atoms with E-state index in [0.29, 0.717) is 9.99 Å². The van der Waals surface area contributed by atoms with Gasteiger partial charge in [0.25, 0.3) is 4.84 Å². The topological polar surface area (TPSA) is 28.9 Å². The van der Waals surface area contributed by atoms with Crippen LogP contribution in [-0.2, 0) is 0 Å². The lowest BCUT2D eigenvalue weighted by atomic mass is 11.0. The van der Waals surface area contributed by atoms with Crippen molar-refractivity contribution in [3.8, 4) is 0 Å². The van der Waals surface area contributed by atoms with Crippen LogP contribution in [0.25, 0.3) is 0 Å². The molecule has 0 bridgehead atoms. The van der Waals surface area contributed by atoms with Gasteiger partial charge in [-0.05, 0) is 12.2 Å². The molecule has 2 nitrogen and oxygen atoms in total. The zero-order valence-corrected chi connectivity index (χ0v) is 4.84. The number of nitrogens with one attached hydrogen (secondary N) is 1. The summed E-state index contributed by atoms with van der Waals surface area (Å²) in [6.45, 7) is 0. The van der Waals surface area contributed by atoms with Gasteiger partial charge >= 0.3 is 0 Å². The highest BCUT2D eigenvalue weighted by Gasteiger charge is 1.83. The average molecular weight is 136 g/mol. The smallest absolute Gasteiger partial charge is 0.266 e. The first kappa shape index (κ1) is 4.87. The number of hydrogen-bond acceptors (Lipinski definition) is 2. The van der Waals surface area contributed by atoms with E-state index in [1.807, 2.05) is 0 Å². The van der Waals surface area contributed by atoms with Crippen LogP contribution in [0.5, 0.6) is 0 Å². The van der Waals surface area contributed by atoms with E-state index in [1.165, 1.54) is 6.26 Å². The molecule has 1 N–H and O–H groups in total. The summed E-state index contributed by atoms with van der Waals surface area (Å²) in [5.41, 5.74) is 0. The first-order valence-electron chi connectivity index (χ1n) is 1.62. The maximum absolute atomic E-state index is 5.34. The van der Waals surface area contributed by atoms with Gasteiger partial charge in [-0.3, -0.25) is 0 Å². The second-order valence-electron chi connectivity index (χ2n) is 0.996. The van der Waals surface area contributed by atoms with Crippen LogP contribution in [0.4, 0.5) is 0 Å². The highest BCUT2D eigenvalue weighted by molar-refractivity contribution is 7.71. The number of hydrogen-bond donors (Lipinski definition) is 1. The van der Waals surface area contributed by atoms with E-state index in [1.54, 1.807) is 0 Å². The van der Waals surface area contributed by atoms with Crippen LogP contribution in [0.3, 0.4) is 0 Å². The van der Waals surface area contributed by atoms with Crippen molar-refractivity contribution in [2.45, 2.75) is 0 Å². The highest BCUT2D eigenvalue weighted by atomic mass is 35.5. The molecule has 1 aromatic rings. The Labute approximate surface area is 50.1 Å². The van der Waals surface area contributed by atoms with Crippen molar-refractivity contribution in [2.24, 2.45) is 0 Å². The molecule has 1 heterocycles. The fourth-order valence-electron chi connectivity index (χ4n) is 0.262. The van der Waals surface area contributed by atoms with Crippen LogP contribution in [0.1, 0.15) is 0 Å². The van der Waals surface area contributed by atoms with Gasteiger partial charge in [-0.15, -0.1) is 0 Å². The molecule has 4 heteroatoms. The van der Waals surface area contributed by atoms with E-state index < -0.39 is 0 Å². The Bertz CT molecular complexity index is 203. The molecular formula is C3H2ClNOS. The fraction of sp³-hybridized carbons (Fsp3) is 0. The molecule has 0 aliphatic rings. The number of rotatable bonds is 0. The summed E-state index contributed by atoms with van der Waals surface area (Å²) < 4.78 is 4.59. The normalized spacial score (nSPS) is 9.29. The van der Waals surface area contributed by atoms with Gasteiger partial charge in [0, 0.05) is 0 Å². The first-order valence-corrected chi connectivity index (χ1v) is 2.41. The summed E-state index contributed by atoms with van der Waals surface area (Å²) in [5, 5.41) is 0.435. The molecule has 0 saturated carbocycles. The van der Waals surface area contributed by atoms with E-state index in [2.05, 4.69) is 21.6 Å². The predicted octanol–water partition coefficient (Wildman–Crippen LogP) is 1.99. The van der Waals surface area contributed by atoms with E-state index in [0.717, 1.165) is 0 Å². The number of halogens is 1. The Kier molecular flexibility index (Phi) is 1.17. The molecule has 0 fully saturated rings. The van der Waals surface area contributed by atoms with Crippen molar-refractivity contribution in [2.75, 3.05) is 0 Å². The Balaban J connectivity index is 3.30. The molecule has 0 unspecified atom stereocenters. The Hall–Kier alpha value is -0.280. The molecule has 0 atom stereocenters. The van der Waals surface area contributed by atoms with Gasteiger partial charge < -0.3 is 9.40 Å². The standard InChI is InChI=1S/C3H2ClNOS/c4-2-1-6-3(7)5-2/h1H,(H,5,7). The zero-order valence-electron chi connectivity index (χ0n) is 3.27. The maximum atomic E-state index is 5.34. The van der Waals surface area contributed by atoms with E-state index in [-0.39, 0.29) is 0 Å². The molecule has 1 aromatic heterocycles. The molecule has 0 radical (unpaired) electrons. The second kappa shape index (κ2) is 1.68. The van der Waals surface area contributed by atoms with E-state index in [4.69, 9.17) is 11.6 Å². The molecule has 0 saturated heterocycles. The van der Waals surface area contributed by atoms with Gasteiger partial charge in [-0.1, -0.05) is 11.6 Å². The molecule has 1 rings (SSSR count). The quantitative estimate of drug-likeness (QED) is 0.552. The Morgan fingerprint density at radius 3 is 2.71 bits per heavy atom. The van der Waals surface area contributed by atoms with Crippen LogP contribution in [0.15, 0.2) is 10.7 Å². The summed E-state index contributed by atoms with van der Waals surface area (Å²) in [7, 11) is 0. The van der Waals surface area contributed by atoms with Crippen molar-refractivity contribution >= 4 is 23.8 Å². The van der Waals surface area contributed by atoms with E-state index >= 15 is 0 Å². The summed E-state index contributed by atoms with van der Waals surface area (Å²) in [6.07, 6.45) is 1.35. The summed E-state index contributed by atoms with van der Waals surface area (Å²) in [5.74, 6) is 0. The number of H-pyrrole nitrogens is 1. The third kappa shape index (κ3) is 1.04. The van der Waals surface area contributed by atoms with E-state index in [9.17, 15) is 0 Å². The van der Waals surface area contributed by atoms with Crippen LogP contribution in [0.2, 0.25) is 5.15 Å². The van der Waals surface area contributed by atoms with Gasteiger partial charge in [-0.25, -0.2) is 0 Å². The minimum Gasteiger partial charge on any atom is -0.436 e. The first-order chi connectivity index (χ1) is 3.29. The minimum atomic E-state index is 0.310. The van der Waals surface area contributed by atoms with Crippen molar-refractivity contribution in [3.05, 3.63) is 16.3 Å². The maximum Gasteiger partial charge on any atom is 0.266 e. The van der Waals surface area contributed by atoms with Crippen molar-refractivity contribution in [1.29, 1.82) is 0 Å². The Morgan fingerprint density at radius 2 is 2.57 bits per heavy atom. The van der Waals surface area contributed by atoms with Gasteiger partial charge in [0.1, 0.15) is 11.4 Å². The van der Waals surface area contributed by atoms with Crippen LogP contribution < -0.4 is 0 Å². The van der Waals surface area contributed by atoms with Crippen LogP contribution in [-0.4, -0.2) is 4.98 Å². The lowest BCUT2D eigenvalue weighted by Gasteiger charge is -1.62. The van der Waals surface area contributed by atoms with Crippen molar-refractivity contribution < 1.29 is 4.42 Å². The SMILES string of the molecule is S=c1[nH]c(Cl)co1. The largest absolute Gasteiger partial charge is 0.436 e. The minimum absolute atomic E-state index is 0.310. The Morgan fingerprint density at radius 1 is 1.86 bits per heavy atom. The monoisotopic (exact) mass is 135 g/mol. The molecule has 0 spiro atoms. The third-order valence-electron chi connectivity index (χ3n) is 0.491. The molecule has 7 heavy (non-hydrogen) atoms.